The first kappa shape index (κ1) is 15.8. The number of amides is 1. The van der Waals surface area contributed by atoms with Crippen molar-refractivity contribution in [3.63, 3.8) is 0 Å². The third kappa shape index (κ3) is 3.95. The fraction of sp³-hybridized carbons (Fsp3) is 0.438. The number of hydrogen-bond donors (Lipinski definition) is 2. The van der Waals surface area contributed by atoms with Crippen molar-refractivity contribution < 1.29 is 14.3 Å². The molecule has 0 radical (unpaired) electrons. The van der Waals surface area contributed by atoms with Crippen LogP contribution in [0.25, 0.3) is 0 Å². The quantitative estimate of drug-likeness (QED) is 0.892. The smallest absolute Gasteiger partial charge is 0.220 e. The third-order valence-corrected chi connectivity index (χ3v) is 4.11. The number of aliphatic hydroxyl groups is 1. The lowest BCUT2D eigenvalue weighted by Crippen LogP contribution is -2.41. The standard InChI is InChI=1S/C16H21NO3S/c1-15(2,3)10-14(18)17-11-16(19,12-6-4-8-20-12)13-7-5-9-21-13/h4-9,19H,10-11H2,1-3H3,(H,17,18). The molecule has 0 saturated carbocycles. The maximum Gasteiger partial charge on any atom is 0.220 e. The second-order valence-electron chi connectivity index (χ2n) is 6.33. The second kappa shape index (κ2) is 6.03. The molecule has 0 bridgehead atoms. The predicted octanol–water partition coefficient (Wildman–Crippen LogP) is 3.13. The van der Waals surface area contributed by atoms with E-state index in [0.29, 0.717) is 12.2 Å². The van der Waals surface area contributed by atoms with Crippen molar-refractivity contribution in [2.45, 2.75) is 32.8 Å². The Morgan fingerprint density at radius 1 is 1.33 bits per heavy atom. The predicted molar refractivity (Wildman–Crippen MR) is 83.1 cm³/mol. The monoisotopic (exact) mass is 307 g/mol. The van der Waals surface area contributed by atoms with E-state index in [2.05, 4.69) is 5.32 Å². The van der Waals surface area contributed by atoms with Crippen LogP contribution in [0.3, 0.4) is 0 Å². The van der Waals surface area contributed by atoms with Gasteiger partial charge < -0.3 is 14.8 Å². The molecule has 2 N–H and O–H groups in total. The summed E-state index contributed by atoms with van der Waals surface area (Å²) in [6.45, 7) is 6.11. The molecule has 1 amide bonds. The Labute approximate surface area is 128 Å². The van der Waals surface area contributed by atoms with E-state index in [9.17, 15) is 9.90 Å². The van der Waals surface area contributed by atoms with E-state index in [1.54, 1.807) is 12.1 Å². The van der Waals surface area contributed by atoms with Gasteiger partial charge in [-0.1, -0.05) is 26.8 Å². The van der Waals surface area contributed by atoms with Crippen molar-refractivity contribution in [1.82, 2.24) is 5.32 Å². The van der Waals surface area contributed by atoms with Gasteiger partial charge >= 0.3 is 0 Å². The number of carbonyl (C=O) groups excluding carboxylic acids is 1. The van der Waals surface area contributed by atoms with Crippen LogP contribution >= 0.6 is 11.3 Å². The molecule has 2 aromatic heterocycles. The zero-order valence-electron chi connectivity index (χ0n) is 12.6. The summed E-state index contributed by atoms with van der Waals surface area (Å²) in [5.41, 5.74) is -1.42. The van der Waals surface area contributed by atoms with Gasteiger partial charge in [0.1, 0.15) is 5.76 Å². The van der Waals surface area contributed by atoms with Crippen LogP contribution in [0.5, 0.6) is 0 Å². The number of furan rings is 1. The summed E-state index contributed by atoms with van der Waals surface area (Å²) in [7, 11) is 0. The van der Waals surface area contributed by atoms with Crippen molar-refractivity contribution >= 4 is 17.2 Å². The SMILES string of the molecule is CC(C)(C)CC(=O)NCC(O)(c1ccco1)c1cccs1. The lowest BCUT2D eigenvalue weighted by molar-refractivity contribution is -0.123. The minimum Gasteiger partial charge on any atom is -0.466 e. The fourth-order valence-electron chi connectivity index (χ4n) is 2.09. The molecule has 0 aliphatic heterocycles. The Morgan fingerprint density at radius 3 is 2.62 bits per heavy atom. The van der Waals surface area contributed by atoms with E-state index in [1.807, 2.05) is 38.3 Å². The Hall–Kier alpha value is -1.59. The van der Waals surface area contributed by atoms with Gasteiger partial charge in [0.2, 0.25) is 5.91 Å². The Balaban J connectivity index is 2.14. The Morgan fingerprint density at radius 2 is 2.10 bits per heavy atom. The molecule has 0 spiro atoms. The van der Waals surface area contributed by atoms with Crippen LogP contribution in [-0.4, -0.2) is 17.6 Å². The molecule has 0 aromatic carbocycles. The topological polar surface area (TPSA) is 62.5 Å². The summed E-state index contributed by atoms with van der Waals surface area (Å²) in [5, 5.41) is 15.7. The first-order valence-electron chi connectivity index (χ1n) is 6.88. The summed E-state index contributed by atoms with van der Waals surface area (Å²) in [6.07, 6.45) is 1.93. The van der Waals surface area contributed by atoms with Crippen molar-refractivity contribution in [1.29, 1.82) is 0 Å². The van der Waals surface area contributed by atoms with Gasteiger partial charge in [0.25, 0.3) is 0 Å². The average Bonchev–Trinajstić information content (AvgIpc) is 3.06. The van der Waals surface area contributed by atoms with Crippen LogP contribution in [0.15, 0.2) is 40.3 Å². The summed E-state index contributed by atoms with van der Waals surface area (Å²) >= 11 is 1.43. The molecule has 0 fully saturated rings. The number of carbonyl (C=O) groups is 1. The second-order valence-corrected chi connectivity index (χ2v) is 7.28. The Bertz CT molecular complexity index is 533. The van der Waals surface area contributed by atoms with Gasteiger partial charge in [-0.05, 0) is 29.0 Å². The normalized spacial score (nSPS) is 14.7. The highest BCUT2D eigenvalue weighted by atomic mass is 32.1. The maximum atomic E-state index is 12.0. The van der Waals surface area contributed by atoms with E-state index in [1.165, 1.54) is 17.6 Å². The van der Waals surface area contributed by atoms with Crippen LogP contribution in [0.1, 0.15) is 37.8 Å². The van der Waals surface area contributed by atoms with Crippen LogP contribution in [-0.2, 0) is 10.4 Å². The van der Waals surface area contributed by atoms with E-state index < -0.39 is 5.60 Å². The highest BCUT2D eigenvalue weighted by molar-refractivity contribution is 7.10. The molecular formula is C16H21NO3S. The van der Waals surface area contributed by atoms with Crippen molar-refractivity contribution in [2.75, 3.05) is 6.54 Å². The molecule has 1 unspecified atom stereocenters. The van der Waals surface area contributed by atoms with E-state index in [-0.39, 0.29) is 17.9 Å². The van der Waals surface area contributed by atoms with E-state index >= 15 is 0 Å². The maximum absolute atomic E-state index is 12.0. The minimum absolute atomic E-state index is 0.0796. The number of rotatable bonds is 5. The van der Waals surface area contributed by atoms with Crippen LogP contribution in [0.4, 0.5) is 0 Å². The molecule has 21 heavy (non-hydrogen) atoms. The first-order chi connectivity index (χ1) is 9.81. The molecule has 0 aliphatic rings. The summed E-state index contributed by atoms with van der Waals surface area (Å²) < 4.78 is 5.36. The molecule has 1 atom stereocenters. The van der Waals surface area contributed by atoms with Gasteiger partial charge in [0.15, 0.2) is 5.60 Å². The van der Waals surface area contributed by atoms with Gasteiger partial charge in [-0.25, -0.2) is 0 Å². The zero-order valence-corrected chi connectivity index (χ0v) is 13.4. The molecule has 0 saturated heterocycles. The van der Waals surface area contributed by atoms with E-state index in [0.717, 1.165) is 4.88 Å². The van der Waals surface area contributed by atoms with Gasteiger partial charge in [0, 0.05) is 11.3 Å². The van der Waals surface area contributed by atoms with Gasteiger partial charge in [0.05, 0.1) is 12.8 Å². The third-order valence-electron chi connectivity index (χ3n) is 3.09. The van der Waals surface area contributed by atoms with E-state index in [4.69, 9.17) is 4.42 Å². The molecule has 2 aromatic rings. The lowest BCUT2D eigenvalue weighted by atomic mass is 9.91. The molecule has 2 rings (SSSR count). The summed E-state index contributed by atoms with van der Waals surface area (Å²) in [5.74, 6) is 0.352. The van der Waals surface area contributed by atoms with Crippen molar-refractivity contribution in [3.05, 3.63) is 46.5 Å². The van der Waals surface area contributed by atoms with Gasteiger partial charge in [-0.15, -0.1) is 11.3 Å². The molecular weight excluding hydrogens is 286 g/mol. The summed E-state index contributed by atoms with van der Waals surface area (Å²) in [4.78, 5) is 12.7. The number of thiophene rings is 1. The van der Waals surface area contributed by atoms with Gasteiger partial charge in [-0.3, -0.25) is 4.79 Å². The highest BCUT2D eigenvalue weighted by Gasteiger charge is 2.36. The van der Waals surface area contributed by atoms with Crippen molar-refractivity contribution in [3.8, 4) is 0 Å². The molecule has 114 valence electrons. The van der Waals surface area contributed by atoms with Crippen LogP contribution in [0, 0.1) is 5.41 Å². The number of nitrogens with one attached hydrogen (secondary N) is 1. The lowest BCUT2D eigenvalue weighted by Gasteiger charge is -2.26. The summed E-state index contributed by atoms with van der Waals surface area (Å²) in [6, 6.07) is 7.15. The average molecular weight is 307 g/mol. The van der Waals surface area contributed by atoms with Crippen molar-refractivity contribution in [2.24, 2.45) is 5.41 Å². The number of hydrogen-bond acceptors (Lipinski definition) is 4. The Kier molecular flexibility index (Phi) is 4.54. The minimum atomic E-state index is -1.33. The van der Waals surface area contributed by atoms with Crippen LogP contribution < -0.4 is 5.32 Å². The van der Waals surface area contributed by atoms with Crippen LogP contribution in [0.2, 0.25) is 0 Å². The highest BCUT2D eigenvalue weighted by Crippen LogP contribution is 2.32. The molecule has 4 nitrogen and oxygen atoms in total. The molecule has 0 aliphatic carbocycles. The molecule has 2 heterocycles. The van der Waals surface area contributed by atoms with Gasteiger partial charge in [-0.2, -0.15) is 0 Å². The largest absolute Gasteiger partial charge is 0.466 e. The zero-order chi connectivity index (χ0) is 15.5. The molecule has 5 heteroatoms. The fourth-order valence-corrected chi connectivity index (χ4v) is 2.92. The first-order valence-corrected chi connectivity index (χ1v) is 7.76.